The fraction of sp³-hybridized carbons (Fsp3) is 0.571. The highest BCUT2D eigenvalue weighted by Crippen LogP contribution is 2.42. The summed E-state index contributed by atoms with van der Waals surface area (Å²) in [6.45, 7) is 2.16. The molecule has 2 saturated heterocycles. The number of anilines is 1. The summed E-state index contributed by atoms with van der Waals surface area (Å²) in [6, 6.07) is 8.27. The number of fused-ring (bicyclic) bond motifs is 2. The summed E-state index contributed by atoms with van der Waals surface area (Å²) < 4.78 is 1.26. The van der Waals surface area contributed by atoms with Crippen LogP contribution in [0.5, 0.6) is 0 Å². The lowest BCUT2D eigenvalue weighted by Crippen LogP contribution is -2.47. The first-order chi connectivity index (χ1) is 8.16. The average molecular weight is 295 g/mol. The molecule has 2 atom stereocenters. The Morgan fingerprint density at radius 3 is 2.53 bits per heavy atom. The molecule has 3 rings (SSSR count). The highest BCUT2D eigenvalue weighted by Gasteiger charge is 2.40. The number of rotatable bonds is 1. The van der Waals surface area contributed by atoms with Crippen LogP contribution < -0.4 is 10.6 Å². The van der Waals surface area contributed by atoms with E-state index in [1.165, 1.54) is 28.6 Å². The van der Waals surface area contributed by atoms with E-state index in [-0.39, 0.29) is 0 Å². The van der Waals surface area contributed by atoms with Gasteiger partial charge in [-0.1, -0.05) is 12.1 Å². The predicted octanol–water partition coefficient (Wildman–Crippen LogP) is 3.22. The van der Waals surface area contributed by atoms with Gasteiger partial charge in [0.25, 0.3) is 0 Å². The van der Waals surface area contributed by atoms with Gasteiger partial charge < -0.3 is 10.6 Å². The van der Waals surface area contributed by atoms with Gasteiger partial charge in [-0.05, 0) is 60.2 Å². The van der Waals surface area contributed by atoms with Gasteiger partial charge in [0.15, 0.2) is 0 Å². The Bertz CT molecular complexity index is 418. The van der Waals surface area contributed by atoms with Gasteiger partial charge in [0.1, 0.15) is 0 Å². The number of aryl methyl sites for hydroxylation is 1. The van der Waals surface area contributed by atoms with Crippen LogP contribution >= 0.6 is 15.9 Å². The molecule has 2 N–H and O–H groups in total. The van der Waals surface area contributed by atoms with Gasteiger partial charge in [0.2, 0.25) is 0 Å². The minimum atomic E-state index is 0.410. The molecule has 2 aliphatic heterocycles. The van der Waals surface area contributed by atoms with Crippen LogP contribution in [-0.2, 0) is 0 Å². The second-order valence-corrected chi connectivity index (χ2v) is 6.22. The smallest absolute Gasteiger partial charge is 0.0518 e. The maximum absolute atomic E-state index is 6.13. The van der Waals surface area contributed by atoms with Crippen LogP contribution in [0.2, 0.25) is 0 Å². The summed E-state index contributed by atoms with van der Waals surface area (Å²) in [5, 5.41) is 0. The van der Waals surface area contributed by atoms with Crippen LogP contribution in [0.25, 0.3) is 0 Å². The zero-order chi connectivity index (χ0) is 12.0. The summed E-state index contributed by atoms with van der Waals surface area (Å²) in [4.78, 5) is 2.61. The van der Waals surface area contributed by atoms with Crippen molar-refractivity contribution in [3.63, 3.8) is 0 Å². The fourth-order valence-corrected chi connectivity index (χ4v) is 3.91. The SMILES string of the molecule is Cc1cccc(N2C3CCC2CC(N)C3)c1Br. The van der Waals surface area contributed by atoms with Crippen molar-refractivity contribution in [2.24, 2.45) is 5.73 Å². The van der Waals surface area contributed by atoms with E-state index < -0.39 is 0 Å². The Morgan fingerprint density at radius 1 is 1.24 bits per heavy atom. The molecule has 0 aromatic heterocycles. The summed E-state index contributed by atoms with van der Waals surface area (Å²) >= 11 is 3.74. The molecule has 17 heavy (non-hydrogen) atoms. The third-order valence-electron chi connectivity index (χ3n) is 4.22. The molecule has 2 heterocycles. The Morgan fingerprint density at radius 2 is 1.88 bits per heavy atom. The van der Waals surface area contributed by atoms with Crippen LogP contribution in [0, 0.1) is 6.92 Å². The lowest BCUT2D eigenvalue weighted by molar-refractivity contribution is 0.414. The van der Waals surface area contributed by atoms with Gasteiger partial charge >= 0.3 is 0 Å². The topological polar surface area (TPSA) is 29.3 Å². The zero-order valence-corrected chi connectivity index (χ0v) is 11.8. The number of halogens is 1. The van der Waals surface area contributed by atoms with Crippen molar-refractivity contribution in [1.82, 2.24) is 0 Å². The van der Waals surface area contributed by atoms with Crippen molar-refractivity contribution in [1.29, 1.82) is 0 Å². The van der Waals surface area contributed by atoms with E-state index in [2.05, 4.69) is 46.0 Å². The van der Waals surface area contributed by atoms with Crippen molar-refractivity contribution in [2.45, 2.75) is 50.7 Å². The second-order valence-electron chi connectivity index (χ2n) is 5.43. The lowest BCUT2D eigenvalue weighted by atomic mass is 9.97. The average Bonchev–Trinajstić information content (AvgIpc) is 2.55. The van der Waals surface area contributed by atoms with Crippen molar-refractivity contribution in [2.75, 3.05) is 4.90 Å². The van der Waals surface area contributed by atoms with E-state index in [0.717, 1.165) is 12.8 Å². The van der Waals surface area contributed by atoms with Crippen LogP contribution in [0.3, 0.4) is 0 Å². The molecule has 3 heteroatoms. The Hall–Kier alpha value is -0.540. The normalized spacial score (nSPS) is 31.9. The van der Waals surface area contributed by atoms with Crippen molar-refractivity contribution < 1.29 is 0 Å². The summed E-state index contributed by atoms with van der Waals surface area (Å²) in [7, 11) is 0. The van der Waals surface area contributed by atoms with Crippen molar-refractivity contribution in [3.8, 4) is 0 Å². The highest BCUT2D eigenvalue weighted by molar-refractivity contribution is 9.10. The van der Waals surface area contributed by atoms with Gasteiger partial charge in [0.05, 0.1) is 5.69 Å². The quantitative estimate of drug-likeness (QED) is 0.862. The molecule has 1 aromatic rings. The first-order valence-electron chi connectivity index (χ1n) is 6.46. The van der Waals surface area contributed by atoms with E-state index in [0.29, 0.717) is 18.1 Å². The molecule has 2 bridgehead atoms. The number of hydrogen-bond donors (Lipinski definition) is 1. The van der Waals surface area contributed by atoms with Crippen molar-refractivity contribution in [3.05, 3.63) is 28.2 Å². The first-order valence-corrected chi connectivity index (χ1v) is 7.25. The maximum Gasteiger partial charge on any atom is 0.0518 e. The molecule has 0 saturated carbocycles. The van der Waals surface area contributed by atoms with Gasteiger partial charge in [-0.3, -0.25) is 0 Å². The molecule has 0 spiro atoms. The Balaban J connectivity index is 1.97. The molecule has 2 fully saturated rings. The third kappa shape index (κ3) is 1.89. The monoisotopic (exact) mass is 294 g/mol. The molecule has 92 valence electrons. The van der Waals surface area contributed by atoms with Crippen LogP contribution in [0.4, 0.5) is 5.69 Å². The number of hydrogen-bond acceptors (Lipinski definition) is 2. The number of piperidine rings is 1. The van der Waals surface area contributed by atoms with E-state index in [1.807, 2.05) is 0 Å². The molecule has 0 aliphatic carbocycles. The summed E-state index contributed by atoms with van der Waals surface area (Å²) in [5.41, 5.74) is 8.81. The number of nitrogens with zero attached hydrogens (tertiary/aromatic N) is 1. The van der Waals surface area contributed by atoms with Crippen LogP contribution in [0.1, 0.15) is 31.2 Å². The molecule has 0 radical (unpaired) electrons. The molecular formula is C14H19BrN2. The standard InChI is InChI=1S/C14H19BrN2/c1-9-3-2-4-13(14(9)15)17-11-5-6-12(17)8-10(16)7-11/h2-4,10-12H,5-8,16H2,1H3. The number of benzene rings is 1. The van der Waals surface area contributed by atoms with Crippen molar-refractivity contribution >= 4 is 21.6 Å². The van der Waals surface area contributed by atoms with Gasteiger partial charge in [-0.2, -0.15) is 0 Å². The van der Waals surface area contributed by atoms with Gasteiger partial charge in [-0.15, -0.1) is 0 Å². The highest BCUT2D eigenvalue weighted by atomic mass is 79.9. The molecule has 2 aliphatic rings. The minimum absolute atomic E-state index is 0.410. The van der Waals surface area contributed by atoms with E-state index in [9.17, 15) is 0 Å². The Kier molecular flexibility index (Phi) is 2.91. The predicted molar refractivity (Wildman–Crippen MR) is 75.4 cm³/mol. The largest absolute Gasteiger partial charge is 0.365 e. The van der Waals surface area contributed by atoms with E-state index in [1.54, 1.807) is 0 Å². The van der Waals surface area contributed by atoms with E-state index in [4.69, 9.17) is 5.73 Å². The number of nitrogens with two attached hydrogens (primary N) is 1. The zero-order valence-electron chi connectivity index (χ0n) is 10.2. The first kappa shape index (κ1) is 11.5. The second kappa shape index (κ2) is 4.29. The van der Waals surface area contributed by atoms with Crippen LogP contribution in [-0.4, -0.2) is 18.1 Å². The molecule has 2 unspecified atom stereocenters. The maximum atomic E-state index is 6.13. The Labute approximate surface area is 111 Å². The molecule has 1 aromatic carbocycles. The minimum Gasteiger partial charge on any atom is -0.365 e. The lowest BCUT2D eigenvalue weighted by Gasteiger charge is -2.40. The summed E-state index contributed by atoms with van der Waals surface area (Å²) in [5.74, 6) is 0. The van der Waals surface area contributed by atoms with Gasteiger partial charge in [0, 0.05) is 22.6 Å². The van der Waals surface area contributed by atoms with Crippen LogP contribution in [0.15, 0.2) is 22.7 Å². The molecule has 0 amide bonds. The fourth-order valence-electron chi connectivity index (χ4n) is 3.44. The molecule has 2 nitrogen and oxygen atoms in total. The van der Waals surface area contributed by atoms with E-state index >= 15 is 0 Å². The summed E-state index contributed by atoms with van der Waals surface area (Å²) in [6.07, 6.45) is 4.91. The molecular weight excluding hydrogens is 276 g/mol. The van der Waals surface area contributed by atoms with Gasteiger partial charge in [-0.25, -0.2) is 0 Å². The third-order valence-corrected chi connectivity index (χ3v) is 5.25.